The Balaban J connectivity index is 1.84. The Bertz CT molecular complexity index is 936. The summed E-state index contributed by atoms with van der Waals surface area (Å²) in [6.07, 6.45) is 1.08. The number of hydrogen-bond acceptors (Lipinski definition) is 5. The number of hydrogen-bond donors (Lipinski definition) is 1. The molecule has 30 heavy (non-hydrogen) atoms. The van der Waals surface area contributed by atoms with E-state index in [1.807, 2.05) is 18.7 Å². The molecule has 2 aliphatic rings. The summed E-state index contributed by atoms with van der Waals surface area (Å²) in [5.41, 5.74) is 6.81. The third-order valence-electron chi connectivity index (χ3n) is 6.50. The molecule has 2 aliphatic heterocycles. The molecule has 1 atom stereocenters. The summed E-state index contributed by atoms with van der Waals surface area (Å²) in [6, 6.07) is 6.98. The quantitative estimate of drug-likeness (QED) is 0.827. The van der Waals surface area contributed by atoms with Gasteiger partial charge in [0.05, 0.1) is 12.1 Å². The number of anilines is 1. The standard InChI is InChI=1S/C22H31FN6O/c1-22(2)21-25-19(15-5-7-16(23)8-6-15)20(27-10-9-17(14-27)26(3)4)28(21)11-12-29(22)18(30)13-24/h5-8,17H,9-14,24H2,1-4H3. The second-order valence-corrected chi connectivity index (χ2v) is 8.93. The van der Waals surface area contributed by atoms with Gasteiger partial charge in [0, 0.05) is 37.8 Å². The molecule has 0 spiro atoms. The van der Waals surface area contributed by atoms with E-state index in [-0.39, 0.29) is 18.3 Å². The van der Waals surface area contributed by atoms with Gasteiger partial charge in [0.1, 0.15) is 23.2 Å². The minimum Gasteiger partial charge on any atom is -0.355 e. The topological polar surface area (TPSA) is 70.6 Å². The van der Waals surface area contributed by atoms with Crippen molar-refractivity contribution in [2.24, 2.45) is 5.73 Å². The molecular formula is C22H31FN6O. The number of aromatic nitrogens is 2. The highest BCUT2D eigenvalue weighted by molar-refractivity contribution is 5.80. The van der Waals surface area contributed by atoms with Crippen LogP contribution in [0.2, 0.25) is 0 Å². The van der Waals surface area contributed by atoms with Gasteiger partial charge in [-0.15, -0.1) is 0 Å². The number of amides is 1. The Kier molecular flexibility index (Phi) is 5.32. The summed E-state index contributed by atoms with van der Waals surface area (Å²) in [4.78, 5) is 24.0. The molecule has 0 aliphatic carbocycles. The fraction of sp³-hybridized carbons (Fsp3) is 0.545. The van der Waals surface area contributed by atoms with Crippen LogP contribution in [0.25, 0.3) is 11.3 Å². The van der Waals surface area contributed by atoms with Gasteiger partial charge < -0.3 is 25.0 Å². The van der Waals surface area contributed by atoms with Crippen LogP contribution in [0.15, 0.2) is 24.3 Å². The lowest BCUT2D eigenvalue weighted by Crippen LogP contribution is -2.53. The van der Waals surface area contributed by atoms with Gasteiger partial charge in [-0.1, -0.05) is 0 Å². The van der Waals surface area contributed by atoms with Gasteiger partial charge in [0.2, 0.25) is 5.91 Å². The van der Waals surface area contributed by atoms with Gasteiger partial charge in [-0.05, 0) is 58.6 Å². The zero-order chi connectivity index (χ0) is 21.6. The SMILES string of the molecule is CN(C)C1CCN(c2c(-c3ccc(F)cc3)nc3n2CCN(C(=O)CN)C3(C)C)C1. The van der Waals surface area contributed by atoms with E-state index in [1.54, 1.807) is 12.1 Å². The van der Waals surface area contributed by atoms with Crippen LogP contribution < -0.4 is 10.6 Å². The molecule has 162 valence electrons. The van der Waals surface area contributed by atoms with Gasteiger partial charge in [0.15, 0.2) is 0 Å². The van der Waals surface area contributed by atoms with Crippen molar-refractivity contribution in [2.75, 3.05) is 45.2 Å². The van der Waals surface area contributed by atoms with Gasteiger partial charge in [-0.2, -0.15) is 0 Å². The first-order valence-electron chi connectivity index (χ1n) is 10.5. The lowest BCUT2D eigenvalue weighted by molar-refractivity contribution is -0.137. The van der Waals surface area contributed by atoms with Gasteiger partial charge in [-0.3, -0.25) is 4.79 Å². The number of rotatable bonds is 4. The molecule has 0 saturated carbocycles. The maximum absolute atomic E-state index is 13.6. The molecule has 0 radical (unpaired) electrons. The average molecular weight is 415 g/mol. The highest BCUT2D eigenvalue weighted by atomic mass is 19.1. The molecule has 1 amide bonds. The molecule has 2 N–H and O–H groups in total. The molecule has 1 unspecified atom stereocenters. The molecule has 0 bridgehead atoms. The van der Waals surface area contributed by atoms with E-state index >= 15 is 0 Å². The van der Waals surface area contributed by atoms with Crippen LogP contribution in [0.4, 0.5) is 10.2 Å². The van der Waals surface area contributed by atoms with Crippen molar-refractivity contribution in [3.63, 3.8) is 0 Å². The zero-order valence-corrected chi connectivity index (χ0v) is 18.2. The largest absolute Gasteiger partial charge is 0.355 e. The monoisotopic (exact) mass is 414 g/mol. The maximum atomic E-state index is 13.6. The minimum absolute atomic E-state index is 0.0154. The van der Waals surface area contributed by atoms with Crippen molar-refractivity contribution >= 4 is 11.7 Å². The lowest BCUT2D eigenvalue weighted by atomic mass is 9.99. The molecule has 3 heterocycles. The summed E-state index contributed by atoms with van der Waals surface area (Å²) in [5, 5.41) is 0. The smallest absolute Gasteiger partial charge is 0.237 e. The molecule has 2 aromatic rings. The number of nitrogens with two attached hydrogens (primary N) is 1. The summed E-state index contributed by atoms with van der Waals surface area (Å²) in [6.45, 7) is 7.13. The number of fused-ring (bicyclic) bond motifs is 1. The summed E-state index contributed by atoms with van der Waals surface area (Å²) in [5.74, 6) is 1.57. The number of carbonyl (C=O) groups excluding carboxylic acids is 1. The molecule has 4 rings (SSSR count). The molecule has 1 saturated heterocycles. The van der Waals surface area contributed by atoms with Crippen LogP contribution in [-0.4, -0.2) is 71.6 Å². The van der Waals surface area contributed by atoms with Crippen LogP contribution in [0.3, 0.4) is 0 Å². The van der Waals surface area contributed by atoms with Crippen molar-refractivity contribution in [3.05, 3.63) is 35.9 Å². The molecule has 1 aromatic heterocycles. The molecule has 1 fully saturated rings. The van der Waals surface area contributed by atoms with Crippen LogP contribution >= 0.6 is 0 Å². The number of halogens is 1. The van der Waals surface area contributed by atoms with E-state index < -0.39 is 5.54 Å². The van der Waals surface area contributed by atoms with E-state index in [2.05, 4.69) is 28.5 Å². The average Bonchev–Trinajstić information content (AvgIpc) is 3.33. The highest BCUT2D eigenvalue weighted by Gasteiger charge is 2.42. The minimum atomic E-state index is -0.581. The van der Waals surface area contributed by atoms with Crippen molar-refractivity contribution in [3.8, 4) is 11.3 Å². The lowest BCUT2D eigenvalue weighted by Gasteiger charge is -2.42. The molecule has 7 nitrogen and oxygen atoms in total. The fourth-order valence-electron chi connectivity index (χ4n) is 4.75. The van der Waals surface area contributed by atoms with Crippen LogP contribution in [0.1, 0.15) is 26.1 Å². The summed E-state index contributed by atoms with van der Waals surface area (Å²) < 4.78 is 15.8. The Hall–Kier alpha value is -2.45. The van der Waals surface area contributed by atoms with Crippen molar-refractivity contribution in [1.82, 2.24) is 19.4 Å². The van der Waals surface area contributed by atoms with Crippen molar-refractivity contribution in [2.45, 2.75) is 38.4 Å². The molecule has 8 heteroatoms. The predicted molar refractivity (Wildman–Crippen MR) is 116 cm³/mol. The summed E-state index contributed by atoms with van der Waals surface area (Å²) in [7, 11) is 4.22. The summed E-state index contributed by atoms with van der Waals surface area (Å²) >= 11 is 0. The first-order chi connectivity index (χ1) is 14.2. The first-order valence-corrected chi connectivity index (χ1v) is 10.5. The van der Waals surface area contributed by atoms with Gasteiger partial charge in [0.25, 0.3) is 0 Å². The van der Waals surface area contributed by atoms with E-state index in [4.69, 9.17) is 10.7 Å². The number of imidazole rings is 1. The normalized spacial score (nSPS) is 20.7. The van der Waals surface area contributed by atoms with E-state index in [9.17, 15) is 9.18 Å². The third kappa shape index (κ3) is 3.37. The predicted octanol–water partition coefficient (Wildman–Crippen LogP) is 1.87. The number of likely N-dealkylation sites (N-methyl/N-ethyl adjacent to an activating group) is 1. The molecular weight excluding hydrogens is 383 g/mol. The van der Waals surface area contributed by atoms with Gasteiger partial charge in [-0.25, -0.2) is 9.37 Å². The Morgan fingerprint density at radius 1 is 1.23 bits per heavy atom. The van der Waals surface area contributed by atoms with Crippen molar-refractivity contribution < 1.29 is 9.18 Å². The first kappa shape index (κ1) is 20.8. The Labute approximate surface area is 177 Å². The van der Waals surface area contributed by atoms with Gasteiger partial charge >= 0.3 is 0 Å². The Morgan fingerprint density at radius 2 is 1.93 bits per heavy atom. The highest BCUT2D eigenvalue weighted by Crippen LogP contribution is 2.41. The van der Waals surface area contributed by atoms with E-state index in [1.165, 1.54) is 12.1 Å². The number of carbonyl (C=O) groups is 1. The third-order valence-corrected chi connectivity index (χ3v) is 6.50. The van der Waals surface area contributed by atoms with Crippen molar-refractivity contribution in [1.29, 1.82) is 0 Å². The van der Waals surface area contributed by atoms with Crippen LogP contribution in [0.5, 0.6) is 0 Å². The second kappa shape index (κ2) is 7.67. The van der Waals surface area contributed by atoms with E-state index in [0.29, 0.717) is 19.1 Å². The second-order valence-electron chi connectivity index (χ2n) is 8.93. The molecule has 1 aromatic carbocycles. The number of nitrogens with zero attached hydrogens (tertiary/aromatic N) is 5. The van der Waals surface area contributed by atoms with Crippen LogP contribution in [0, 0.1) is 5.82 Å². The zero-order valence-electron chi connectivity index (χ0n) is 18.2. The Morgan fingerprint density at radius 3 is 2.53 bits per heavy atom. The van der Waals surface area contributed by atoms with Crippen LogP contribution in [-0.2, 0) is 16.9 Å². The number of benzene rings is 1. The maximum Gasteiger partial charge on any atom is 0.237 e. The van der Waals surface area contributed by atoms with E-state index in [0.717, 1.165) is 42.4 Å². The fourth-order valence-corrected chi connectivity index (χ4v) is 4.75.